The van der Waals surface area contributed by atoms with Crippen molar-refractivity contribution >= 4 is 22.6 Å². The maximum atomic E-state index is 13.3. The van der Waals surface area contributed by atoms with Crippen LogP contribution >= 0.6 is 0 Å². The van der Waals surface area contributed by atoms with E-state index < -0.39 is 17.5 Å². The molecule has 1 amide bonds. The summed E-state index contributed by atoms with van der Waals surface area (Å²) in [5, 5.41) is 3.03. The van der Waals surface area contributed by atoms with Crippen molar-refractivity contribution in [2.45, 2.75) is 0 Å². The summed E-state index contributed by atoms with van der Waals surface area (Å²) in [6.07, 6.45) is 1.44. The number of hydrogen-bond acceptors (Lipinski definition) is 4. The highest BCUT2D eigenvalue weighted by Gasteiger charge is 2.20. The molecule has 122 valence electrons. The molecule has 0 spiro atoms. The summed E-state index contributed by atoms with van der Waals surface area (Å²) in [5.74, 6) is -1.79. The number of halogens is 1. The summed E-state index contributed by atoms with van der Waals surface area (Å²) in [6.45, 7) is 4.09. The number of amides is 1. The number of ketones is 1. The zero-order valence-electron chi connectivity index (χ0n) is 12.6. The van der Waals surface area contributed by atoms with Gasteiger partial charge in [0.15, 0.2) is 0 Å². The average molecular weight is 319 g/mol. The molecule has 6 nitrogen and oxygen atoms in total. The Bertz CT molecular complexity index is 722. The lowest BCUT2D eigenvalue weighted by Crippen LogP contribution is -2.42. The van der Waals surface area contributed by atoms with E-state index in [4.69, 9.17) is 4.74 Å². The zero-order valence-corrected chi connectivity index (χ0v) is 12.6. The first-order valence-corrected chi connectivity index (χ1v) is 7.54. The number of nitrogens with zero attached hydrogens (tertiary/aromatic N) is 1. The van der Waals surface area contributed by atoms with Crippen LogP contribution in [0.5, 0.6) is 0 Å². The number of hydrogen-bond donors (Lipinski definition) is 2. The number of morpholine rings is 1. The van der Waals surface area contributed by atoms with Gasteiger partial charge in [-0.25, -0.2) is 4.39 Å². The molecule has 0 radical (unpaired) electrons. The van der Waals surface area contributed by atoms with E-state index in [1.54, 1.807) is 0 Å². The van der Waals surface area contributed by atoms with Crippen LogP contribution in [0, 0.1) is 5.82 Å². The number of ether oxygens (including phenoxy) is 1. The molecule has 23 heavy (non-hydrogen) atoms. The van der Waals surface area contributed by atoms with Crippen LogP contribution in [0.4, 0.5) is 4.39 Å². The van der Waals surface area contributed by atoms with E-state index in [2.05, 4.69) is 15.2 Å². The second kappa shape index (κ2) is 6.89. The van der Waals surface area contributed by atoms with Crippen LogP contribution < -0.4 is 5.32 Å². The quantitative estimate of drug-likeness (QED) is 0.635. The van der Waals surface area contributed by atoms with Crippen molar-refractivity contribution in [1.82, 2.24) is 15.2 Å². The lowest BCUT2D eigenvalue weighted by molar-refractivity contribution is -0.117. The fraction of sp³-hybridized carbons (Fsp3) is 0.375. The normalized spacial score (nSPS) is 15.7. The van der Waals surface area contributed by atoms with Gasteiger partial charge >= 0.3 is 0 Å². The molecule has 1 fully saturated rings. The SMILES string of the molecule is O=C(NCCN1CCOCC1)C(=O)c1c[nH]c2ccc(F)cc12. The van der Waals surface area contributed by atoms with E-state index >= 15 is 0 Å². The van der Waals surface area contributed by atoms with Gasteiger partial charge < -0.3 is 15.0 Å². The van der Waals surface area contributed by atoms with Crippen molar-refractivity contribution < 1.29 is 18.7 Å². The minimum Gasteiger partial charge on any atom is -0.379 e. The smallest absolute Gasteiger partial charge is 0.292 e. The molecule has 0 atom stereocenters. The molecular formula is C16H18FN3O3. The summed E-state index contributed by atoms with van der Waals surface area (Å²) in [5.41, 5.74) is 0.805. The number of benzene rings is 1. The second-order valence-corrected chi connectivity index (χ2v) is 5.43. The standard InChI is InChI=1S/C16H18FN3O3/c17-11-1-2-14-12(9-11)13(10-19-14)15(21)16(22)18-3-4-20-5-7-23-8-6-20/h1-2,9-10,19H,3-8H2,(H,18,22). The minimum absolute atomic E-state index is 0.184. The topological polar surface area (TPSA) is 74.4 Å². The number of aromatic nitrogens is 1. The number of H-pyrrole nitrogens is 1. The first-order chi connectivity index (χ1) is 11.1. The largest absolute Gasteiger partial charge is 0.379 e. The highest BCUT2D eigenvalue weighted by molar-refractivity contribution is 6.44. The van der Waals surface area contributed by atoms with Crippen LogP contribution in [-0.4, -0.2) is 61.0 Å². The first-order valence-electron chi connectivity index (χ1n) is 7.54. The van der Waals surface area contributed by atoms with Crippen LogP contribution in [0.1, 0.15) is 10.4 Å². The Morgan fingerprint density at radius 1 is 1.30 bits per heavy atom. The van der Waals surface area contributed by atoms with Crippen molar-refractivity contribution in [3.8, 4) is 0 Å². The predicted octanol–water partition coefficient (Wildman–Crippen LogP) is 0.938. The molecule has 1 aliphatic rings. The van der Waals surface area contributed by atoms with Crippen molar-refractivity contribution in [3.05, 3.63) is 35.8 Å². The summed E-state index contributed by atoms with van der Waals surface area (Å²) in [6, 6.07) is 4.09. The van der Waals surface area contributed by atoms with Crippen molar-refractivity contribution in [2.24, 2.45) is 0 Å². The number of carbonyl (C=O) groups excluding carboxylic acids is 2. The molecule has 1 aliphatic heterocycles. The van der Waals surface area contributed by atoms with Crippen LogP contribution in [-0.2, 0) is 9.53 Å². The first kappa shape index (κ1) is 15.6. The van der Waals surface area contributed by atoms with Gasteiger partial charge in [-0.1, -0.05) is 0 Å². The third-order valence-corrected chi connectivity index (χ3v) is 3.91. The Morgan fingerprint density at radius 3 is 2.87 bits per heavy atom. The van der Waals surface area contributed by atoms with Crippen LogP contribution in [0.2, 0.25) is 0 Å². The average Bonchev–Trinajstić information content (AvgIpc) is 2.98. The van der Waals surface area contributed by atoms with E-state index in [9.17, 15) is 14.0 Å². The number of fused-ring (bicyclic) bond motifs is 1. The fourth-order valence-electron chi connectivity index (χ4n) is 2.64. The molecule has 0 aliphatic carbocycles. The number of nitrogens with one attached hydrogen (secondary N) is 2. The Hall–Kier alpha value is -2.25. The number of Topliss-reactive ketones (excluding diaryl/α,β-unsaturated/α-hetero) is 1. The number of carbonyl (C=O) groups is 2. The Kier molecular flexibility index (Phi) is 4.68. The molecule has 3 rings (SSSR count). The lowest BCUT2D eigenvalue weighted by atomic mass is 10.1. The van der Waals surface area contributed by atoms with Gasteiger partial charge in [0.25, 0.3) is 11.7 Å². The number of aromatic amines is 1. The van der Waals surface area contributed by atoms with Gasteiger partial charge in [-0.15, -0.1) is 0 Å². The van der Waals surface area contributed by atoms with Gasteiger partial charge in [-0.05, 0) is 18.2 Å². The minimum atomic E-state index is -0.677. The fourth-order valence-corrected chi connectivity index (χ4v) is 2.64. The van der Waals surface area contributed by atoms with E-state index in [1.807, 2.05) is 0 Å². The third kappa shape index (κ3) is 3.57. The molecule has 1 aromatic carbocycles. The van der Waals surface area contributed by atoms with Crippen molar-refractivity contribution in [1.29, 1.82) is 0 Å². The number of rotatable bonds is 5. The van der Waals surface area contributed by atoms with Gasteiger partial charge in [0.2, 0.25) is 0 Å². The third-order valence-electron chi connectivity index (χ3n) is 3.91. The zero-order chi connectivity index (χ0) is 16.2. The van der Waals surface area contributed by atoms with E-state index in [0.29, 0.717) is 37.2 Å². The van der Waals surface area contributed by atoms with Crippen LogP contribution in [0.25, 0.3) is 10.9 Å². The van der Waals surface area contributed by atoms with Crippen LogP contribution in [0.3, 0.4) is 0 Å². The van der Waals surface area contributed by atoms with E-state index in [1.165, 1.54) is 24.4 Å². The molecule has 2 aromatic rings. The molecular weight excluding hydrogens is 301 g/mol. The lowest BCUT2D eigenvalue weighted by Gasteiger charge is -2.26. The Balaban J connectivity index is 1.60. The summed E-state index contributed by atoms with van der Waals surface area (Å²) in [7, 11) is 0. The van der Waals surface area contributed by atoms with Gasteiger partial charge in [0.1, 0.15) is 5.82 Å². The van der Waals surface area contributed by atoms with Crippen LogP contribution in [0.15, 0.2) is 24.4 Å². The maximum absolute atomic E-state index is 13.3. The summed E-state index contributed by atoms with van der Waals surface area (Å²) in [4.78, 5) is 29.3. The summed E-state index contributed by atoms with van der Waals surface area (Å²) >= 11 is 0. The second-order valence-electron chi connectivity index (χ2n) is 5.43. The Labute approximate surface area is 132 Å². The molecule has 0 unspecified atom stereocenters. The highest BCUT2D eigenvalue weighted by atomic mass is 19.1. The van der Waals surface area contributed by atoms with Gasteiger partial charge in [-0.3, -0.25) is 14.5 Å². The van der Waals surface area contributed by atoms with Crippen molar-refractivity contribution in [2.75, 3.05) is 39.4 Å². The molecule has 0 bridgehead atoms. The molecule has 7 heteroatoms. The van der Waals surface area contributed by atoms with Crippen molar-refractivity contribution in [3.63, 3.8) is 0 Å². The molecule has 1 aromatic heterocycles. The molecule has 1 saturated heterocycles. The molecule has 2 N–H and O–H groups in total. The van der Waals surface area contributed by atoms with Gasteiger partial charge in [-0.2, -0.15) is 0 Å². The highest BCUT2D eigenvalue weighted by Crippen LogP contribution is 2.19. The predicted molar refractivity (Wildman–Crippen MR) is 82.9 cm³/mol. The van der Waals surface area contributed by atoms with E-state index in [-0.39, 0.29) is 5.56 Å². The molecule has 0 saturated carbocycles. The van der Waals surface area contributed by atoms with E-state index in [0.717, 1.165) is 13.1 Å². The maximum Gasteiger partial charge on any atom is 0.292 e. The van der Waals surface area contributed by atoms with Gasteiger partial charge in [0.05, 0.1) is 18.8 Å². The summed E-state index contributed by atoms with van der Waals surface area (Å²) < 4.78 is 18.6. The van der Waals surface area contributed by atoms with Gasteiger partial charge in [0, 0.05) is 43.3 Å². The monoisotopic (exact) mass is 319 g/mol. The molecule has 2 heterocycles. The Morgan fingerprint density at radius 2 is 2.09 bits per heavy atom.